The van der Waals surface area contributed by atoms with Crippen molar-refractivity contribution in [3.63, 3.8) is 0 Å². The Morgan fingerprint density at radius 3 is 2.87 bits per heavy atom. The molecule has 0 fully saturated rings. The van der Waals surface area contributed by atoms with E-state index in [0.717, 1.165) is 10.0 Å². The van der Waals surface area contributed by atoms with Gasteiger partial charge in [-0.3, -0.25) is 0 Å². The Labute approximate surface area is 97.8 Å². The Hall–Kier alpha value is -0.410. The second-order valence-electron chi connectivity index (χ2n) is 4.45. The first-order valence-corrected chi connectivity index (χ1v) is 5.84. The molecule has 15 heavy (non-hydrogen) atoms. The van der Waals surface area contributed by atoms with Crippen LogP contribution in [-0.4, -0.2) is 11.8 Å². The van der Waals surface area contributed by atoms with Crippen molar-refractivity contribution < 1.29 is 9.13 Å². The first kappa shape index (κ1) is 11.1. The molecule has 0 radical (unpaired) electrons. The number of ether oxygens (including phenoxy) is 1. The quantitative estimate of drug-likeness (QED) is 0.759. The number of alkyl halides is 1. The summed E-state index contributed by atoms with van der Waals surface area (Å²) in [6.07, 6.45) is 0.295. The van der Waals surface area contributed by atoms with Crippen LogP contribution in [0.1, 0.15) is 25.0 Å². The molecule has 1 aliphatic heterocycles. The zero-order chi connectivity index (χ0) is 11.1. The van der Waals surface area contributed by atoms with Crippen LogP contribution < -0.4 is 0 Å². The van der Waals surface area contributed by atoms with Crippen molar-refractivity contribution in [2.45, 2.75) is 38.6 Å². The summed E-state index contributed by atoms with van der Waals surface area (Å²) in [4.78, 5) is 0. The monoisotopic (exact) mass is 272 g/mol. The lowest BCUT2D eigenvalue weighted by molar-refractivity contribution is -0.0601. The third-order valence-corrected chi connectivity index (χ3v) is 3.55. The molecular formula is C12H14BrFO. The Morgan fingerprint density at radius 2 is 2.20 bits per heavy atom. The number of halogens is 2. The van der Waals surface area contributed by atoms with E-state index < -0.39 is 5.67 Å². The van der Waals surface area contributed by atoms with Crippen LogP contribution in [0.2, 0.25) is 0 Å². The SMILES string of the molecule is CC(C)(F)C1Cc2c(Br)cccc2CO1. The zero-order valence-corrected chi connectivity index (χ0v) is 10.5. The van der Waals surface area contributed by atoms with Crippen molar-refractivity contribution in [2.24, 2.45) is 0 Å². The van der Waals surface area contributed by atoms with Crippen LogP contribution in [-0.2, 0) is 17.8 Å². The van der Waals surface area contributed by atoms with Gasteiger partial charge >= 0.3 is 0 Å². The molecule has 82 valence electrons. The highest BCUT2D eigenvalue weighted by atomic mass is 79.9. The molecule has 1 atom stereocenters. The van der Waals surface area contributed by atoms with Crippen LogP contribution in [0.5, 0.6) is 0 Å². The van der Waals surface area contributed by atoms with Crippen LogP contribution in [0, 0.1) is 0 Å². The van der Waals surface area contributed by atoms with Gasteiger partial charge in [0.1, 0.15) is 5.67 Å². The minimum absolute atomic E-state index is 0.344. The van der Waals surface area contributed by atoms with Gasteiger partial charge in [0.25, 0.3) is 0 Å². The van der Waals surface area contributed by atoms with E-state index in [2.05, 4.69) is 15.9 Å². The molecular weight excluding hydrogens is 259 g/mol. The highest BCUT2D eigenvalue weighted by molar-refractivity contribution is 9.10. The molecule has 2 rings (SSSR count). The molecule has 0 amide bonds. The van der Waals surface area contributed by atoms with E-state index in [1.807, 2.05) is 18.2 Å². The van der Waals surface area contributed by atoms with Gasteiger partial charge in [-0.1, -0.05) is 28.1 Å². The molecule has 0 saturated heterocycles. The lowest BCUT2D eigenvalue weighted by Gasteiger charge is -2.32. The summed E-state index contributed by atoms with van der Waals surface area (Å²) in [5, 5.41) is 0. The van der Waals surface area contributed by atoms with Gasteiger partial charge in [-0.25, -0.2) is 4.39 Å². The third kappa shape index (κ3) is 2.23. The van der Waals surface area contributed by atoms with Gasteiger partial charge in [0.05, 0.1) is 12.7 Å². The van der Waals surface area contributed by atoms with Crippen LogP contribution in [0.3, 0.4) is 0 Å². The summed E-state index contributed by atoms with van der Waals surface area (Å²) in [6, 6.07) is 6.00. The molecule has 0 aromatic heterocycles. The predicted molar refractivity (Wildman–Crippen MR) is 61.6 cm³/mol. The zero-order valence-electron chi connectivity index (χ0n) is 8.89. The third-order valence-electron chi connectivity index (χ3n) is 2.81. The fourth-order valence-electron chi connectivity index (χ4n) is 1.84. The molecule has 0 saturated carbocycles. The van der Waals surface area contributed by atoms with Gasteiger partial charge in [-0.05, 0) is 31.0 Å². The van der Waals surface area contributed by atoms with Crippen LogP contribution in [0.25, 0.3) is 0 Å². The van der Waals surface area contributed by atoms with Gasteiger partial charge < -0.3 is 4.74 Å². The Bertz CT molecular complexity index is 370. The van der Waals surface area contributed by atoms with E-state index in [9.17, 15) is 4.39 Å². The fraction of sp³-hybridized carbons (Fsp3) is 0.500. The van der Waals surface area contributed by atoms with Gasteiger partial charge in [0.2, 0.25) is 0 Å². The topological polar surface area (TPSA) is 9.23 Å². The van der Waals surface area contributed by atoms with Gasteiger partial charge in [0, 0.05) is 10.9 Å². The molecule has 3 heteroatoms. The maximum atomic E-state index is 13.8. The Morgan fingerprint density at radius 1 is 1.47 bits per heavy atom. The Kier molecular flexibility index (Phi) is 2.86. The van der Waals surface area contributed by atoms with Crippen molar-refractivity contribution >= 4 is 15.9 Å². The summed E-state index contributed by atoms with van der Waals surface area (Å²) < 4.78 is 20.3. The number of benzene rings is 1. The predicted octanol–water partition coefficient (Wildman–Crippen LogP) is 3.64. The van der Waals surface area contributed by atoms with E-state index in [1.165, 1.54) is 5.56 Å². The summed E-state index contributed by atoms with van der Waals surface area (Å²) in [6.45, 7) is 3.64. The van der Waals surface area contributed by atoms with Crippen molar-refractivity contribution in [3.05, 3.63) is 33.8 Å². The Balaban J connectivity index is 2.30. The van der Waals surface area contributed by atoms with Crippen molar-refractivity contribution in [1.82, 2.24) is 0 Å². The number of fused-ring (bicyclic) bond motifs is 1. The number of hydrogen-bond donors (Lipinski definition) is 0. The van der Waals surface area contributed by atoms with E-state index in [4.69, 9.17) is 4.74 Å². The first-order valence-electron chi connectivity index (χ1n) is 5.05. The molecule has 0 spiro atoms. The molecule has 1 aromatic rings. The summed E-state index contributed by atoms with van der Waals surface area (Å²) in [7, 11) is 0. The molecule has 1 aliphatic rings. The van der Waals surface area contributed by atoms with Crippen molar-refractivity contribution in [3.8, 4) is 0 Å². The van der Waals surface area contributed by atoms with E-state index >= 15 is 0 Å². The average Bonchev–Trinajstić information content (AvgIpc) is 2.16. The lowest BCUT2D eigenvalue weighted by atomic mass is 9.92. The van der Waals surface area contributed by atoms with E-state index in [-0.39, 0.29) is 6.10 Å². The van der Waals surface area contributed by atoms with Crippen molar-refractivity contribution in [1.29, 1.82) is 0 Å². The molecule has 1 heterocycles. The average molecular weight is 273 g/mol. The number of hydrogen-bond acceptors (Lipinski definition) is 1. The second kappa shape index (κ2) is 3.87. The van der Waals surface area contributed by atoms with Gasteiger partial charge in [-0.15, -0.1) is 0 Å². The first-order chi connectivity index (χ1) is 6.98. The standard InChI is InChI=1S/C12H14BrFO/c1-12(2,14)11-6-9-8(7-15-11)4-3-5-10(9)13/h3-5,11H,6-7H2,1-2H3. The highest BCUT2D eigenvalue weighted by Gasteiger charge is 2.33. The highest BCUT2D eigenvalue weighted by Crippen LogP contribution is 2.32. The van der Waals surface area contributed by atoms with Gasteiger partial charge in [-0.2, -0.15) is 0 Å². The normalized spacial score (nSPS) is 21.2. The molecule has 1 nitrogen and oxygen atoms in total. The largest absolute Gasteiger partial charge is 0.370 e. The maximum absolute atomic E-state index is 13.8. The van der Waals surface area contributed by atoms with Crippen LogP contribution in [0.15, 0.2) is 22.7 Å². The maximum Gasteiger partial charge on any atom is 0.131 e. The molecule has 0 bridgehead atoms. The molecule has 0 aliphatic carbocycles. The molecule has 1 aromatic carbocycles. The minimum atomic E-state index is -1.28. The second-order valence-corrected chi connectivity index (χ2v) is 5.30. The molecule has 1 unspecified atom stereocenters. The van der Waals surface area contributed by atoms with Crippen molar-refractivity contribution in [2.75, 3.05) is 0 Å². The number of rotatable bonds is 1. The summed E-state index contributed by atoms with van der Waals surface area (Å²) in [5.74, 6) is 0. The summed E-state index contributed by atoms with van der Waals surface area (Å²) in [5.41, 5.74) is 1.05. The fourth-order valence-corrected chi connectivity index (χ4v) is 2.41. The van der Waals surface area contributed by atoms with E-state index in [0.29, 0.717) is 13.0 Å². The van der Waals surface area contributed by atoms with Crippen LogP contribution in [0.4, 0.5) is 4.39 Å². The van der Waals surface area contributed by atoms with Crippen LogP contribution >= 0.6 is 15.9 Å². The molecule has 0 N–H and O–H groups in total. The van der Waals surface area contributed by atoms with Gasteiger partial charge in [0.15, 0.2) is 0 Å². The van der Waals surface area contributed by atoms with E-state index in [1.54, 1.807) is 13.8 Å². The lowest BCUT2D eigenvalue weighted by Crippen LogP contribution is -2.38. The summed E-state index contributed by atoms with van der Waals surface area (Å²) >= 11 is 3.50. The smallest absolute Gasteiger partial charge is 0.131 e. The minimum Gasteiger partial charge on any atom is -0.370 e.